The Kier molecular flexibility index (Phi) is 7.61. The van der Waals surface area contributed by atoms with Gasteiger partial charge >= 0.3 is 0 Å². The Labute approximate surface area is 160 Å². The summed E-state index contributed by atoms with van der Waals surface area (Å²) in [6.45, 7) is 3.66. The zero-order chi connectivity index (χ0) is 19.6. The van der Waals surface area contributed by atoms with Gasteiger partial charge in [0.05, 0.1) is 6.61 Å². The Morgan fingerprint density at radius 2 is 1.85 bits per heavy atom. The second kappa shape index (κ2) is 10.2. The van der Waals surface area contributed by atoms with Gasteiger partial charge in [-0.05, 0) is 30.7 Å². The smallest absolute Gasteiger partial charge is 0.253 e. The minimum absolute atomic E-state index is 0.00596. The summed E-state index contributed by atoms with van der Waals surface area (Å²) >= 11 is 0. The van der Waals surface area contributed by atoms with Gasteiger partial charge in [-0.15, -0.1) is 0 Å². The predicted molar refractivity (Wildman–Crippen MR) is 107 cm³/mol. The van der Waals surface area contributed by atoms with Gasteiger partial charge in [0, 0.05) is 51.6 Å². The molecule has 0 unspecified atom stereocenters. The number of aliphatic imine (C=N–C) groups is 1. The Bertz CT molecular complexity index is 772. The van der Waals surface area contributed by atoms with Crippen LogP contribution in [0.4, 0.5) is 0 Å². The van der Waals surface area contributed by atoms with Crippen molar-refractivity contribution in [1.82, 2.24) is 20.5 Å². The molecule has 1 aromatic carbocycles. The summed E-state index contributed by atoms with van der Waals surface area (Å²) in [7, 11) is 5.21. The SMILES string of the molecule is CCOc1ncccc1CNC(=NC)NCc1ccc(C(=O)N(C)C)cc1. The lowest BCUT2D eigenvalue weighted by atomic mass is 10.1. The predicted octanol–water partition coefficient (Wildman–Crippen LogP) is 2.05. The number of rotatable bonds is 7. The van der Waals surface area contributed by atoms with Crippen molar-refractivity contribution in [3.63, 3.8) is 0 Å². The third-order valence-electron chi connectivity index (χ3n) is 3.87. The van der Waals surface area contributed by atoms with Crippen LogP contribution in [0.1, 0.15) is 28.4 Å². The third kappa shape index (κ3) is 5.99. The lowest BCUT2D eigenvalue weighted by Crippen LogP contribution is -2.36. The number of amides is 1. The number of aromatic nitrogens is 1. The highest BCUT2D eigenvalue weighted by Gasteiger charge is 2.08. The second-order valence-corrected chi connectivity index (χ2v) is 6.08. The number of pyridine rings is 1. The van der Waals surface area contributed by atoms with Gasteiger partial charge in [-0.25, -0.2) is 4.98 Å². The summed E-state index contributed by atoms with van der Waals surface area (Å²) in [5.74, 6) is 1.30. The van der Waals surface area contributed by atoms with E-state index >= 15 is 0 Å². The molecule has 2 N–H and O–H groups in total. The number of guanidine groups is 1. The maximum Gasteiger partial charge on any atom is 0.253 e. The van der Waals surface area contributed by atoms with Gasteiger partial charge in [-0.2, -0.15) is 0 Å². The molecule has 0 saturated heterocycles. The molecule has 0 saturated carbocycles. The largest absolute Gasteiger partial charge is 0.478 e. The molecule has 0 atom stereocenters. The van der Waals surface area contributed by atoms with E-state index in [1.54, 1.807) is 32.2 Å². The fraction of sp³-hybridized carbons (Fsp3) is 0.350. The van der Waals surface area contributed by atoms with Crippen LogP contribution in [0.5, 0.6) is 5.88 Å². The highest BCUT2D eigenvalue weighted by atomic mass is 16.5. The Morgan fingerprint density at radius 1 is 1.15 bits per heavy atom. The number of carbonyl (C=O) groups is 1. The van der Waals surface area contributed by atoms with Crippen molar-refractivity contribution < 1.29 is 9.53 Å². The van der Waals surface area contributed by atoms with E-state index < -0.39 is 0 Å². The normalized spacial score (nSPS) is 11.0. The molecule has 0 radical (unpaired) electrons. The molecular weight excluding hydrogens is 342 g/mol. The van der Waals surface area contributed by atoms with Crippen LogP contribution in [-0.4, -0.2) is 49.5 Å². The van der Waals surface area contributed by atoms with Gasteiger partial charge in [0.2, 0.25) is 5.88 Å². The minimum Gasteiger partial charge on any atom is -0.478 e. The van der Waals surface area contributed by atoms with Crippen LogP contribution in [0.3, 0.4) is 0 Å². The molecule has 0 aliphatic rings. The number of carbonyl (C=O) groups excluding carboxylic acids is 1. The van der Waals surface area contributed by atoms with Crippen molar-refractivity contribution in [3.8, 4) is 5.88 Å². The number of hydrogen-bond acceptors (Lipinski definition) is 4. The van der Waals surface area contributed by atoms with Crippen molar-refractivity contribution in [2.75, 3.05) is 27.7 Å². The molecule has 144 valence electrons. The quantitative estimate of drug-likeness (QED) is 0.577. The van der Waals surface area contributed by atoms with Crippen molar-refractivity contribution in [1.29, 1.82) is 0 Å². The van der Waals surface area contributed by atoms with Crippen molar-refractivity contribution in [2.24, 2.45) is 4.99 Å². The Balaban J connectivity index is 1.90. The zero-order valence-corrected chi connectivity index (χ0v) is 16.3. The first-order valence-corrected chi connectivity index (χ1v) is 8.87. The fourth-order valence-electron chi connectivity index (χ4n) is 2.43. The summed E-state index contributed by atoms with van der Waals surface area (Å²) in [5.41, 5.74) is 2.70. The number of benzene rings is 1. The molecule has 7 heteroatoms. The molecule has 7 nitrogen and oxygen atoms in total. The van der Waals surface area contributed by atoms with Crippen LogP contribution in [0.2, 0.25) is 0 Å². The van der Waals surface area contributed by atoms with Gasteiger partial charge in [-0.3, -0.25) is 9.79 Å². The summed E-state index contributed by atoms with van der Waals surface area (Å²) in [6, 6.07) is 11.4. The summed E-state index contributed by atoms with van der Waals surface area (Å²) in [5, 5.41) is 6.52. The average molecular weight is 369 g/mol. The van der Waals surface area contributed by atoms with Gasteiger partial charge in [0.25, 0.3) is 5.91 Å². The van der Waals surface area contributed by atoms with E-state index in [0.717, 1.165) is 11.1 Å². The van der Waals surface area contributed by atoms with Crippen LogP contribution < -0.4 is 15.4 Å². The highest BCUT2D eigenvalue weighted by Crippen LogP contribution is 2.13. The first kappa shape index (κ1) is 20.2. The van der Waals surface area contributed by atoms with Crippen LogP contribution >= 0.6 is 0 Å². The first-order valence-electron chi connectivity index (χ1n) is 8.87. The van der Waals surface area contributed by atoms with E-state index in [1.807, 2.05) is 43.3 Å². The minimum atomic E-state index is -0.00596. The van der Waals surface area contributed by atoms with E-state index in [-0.39, 0.29) is 5.91 Å². The van der Waals surface area contributed by atoms with Gasteiger partial charge in [0.15, 0.2) is 5.96 Å². The van der Waals surface area contributed by atoms with E-state index in [9.17, 15) is 4.79 Å². The van der Waals surface area contributed by atoms with Crippen LogP contribution in [-0.2, 0) is 13.1 Å². The van der Waals surface area contributed by atoms with Gasteiger partial charge in [0.1, 0.15) is 0 Å². The fourth-order valence-corrected chi connectivity index (χ4v) is 2.43. The molecule has 1 heterocycles. The molecule has 1 aromatic heterocycles. The second-order valence-electron chi connectivity index (χ2n) is 6.08. The standard InChI is InChI=1S/C20H27N5O2/c1-5-27-18-17(7-6-12-22-18)14-24-20(21-2)23-13-15-8-10-16(11-9-15)19(26)25(3)4/h6-12H,5,13-14H2,1-4H3,(H2,21,23,24). The van der Waals surface area contributed by atoms with Crippen LogP contribution in [0.25, 0.3) is 0 Å². The molecule has 0 aliphatic carbocycles. The molecule has 27 heavy (non-hydrogen) atoms. The molecule has 1 amide bonds. The van der Waals surface area contributed by atoms with Gasteiger partial charge < -0.3 is 20.3 Å². The average Bonchev–Trinajstić information content (AvgIpc) is 2.69. The Hall–Kier alpha value is -3.09. The van der Waals surface area contributed by atoms with Crippen molar-refractivity contribution >= 4 is 11.9 Å². The van der Waals surface area contributed by atoms with Gasteiger partial charge in [-0.1, -0.05) is 18.2 Å². The first-order chi connectivity index (χ1) is 13.0. The highest BCUT2D eigenvalue weighted by molar-refractivity contribution is 5.93. The number of hydrogen-bond donors (Lipinski definition) is 2. The lowest BCUT2D eigenvalue weighted by molar-refractivity contribution is 0.0827. The molecule has 0 fully saturated rings. The summed E-state index contributed by atoms with van der Waals surface area (Å²) in [6.07, 6.45) is 1.71. The number of ether oxygens (including phenoxy) is 1. The van der Waals surface area contributed by atoms with E-state index in [2.05, 4.69) is 20.6 Å². The Morgan fingerprint density at radius 3 is 2.48 bits per heavy atom. The van der Waals surface area contributed by atoms with E-state index in [4.69, 9.17) is 4.74 Å². The van der Waals surface area contributed by atoms with Crippen LogP contribution in [0, 0.1) is 0 Å². The molecular formula is C20H27N5O2. The number of nitrogens with one attached hydrogen (secondary N) is 2. The molecule has 2 rings (SSSR count). The van der Waals surface area contributed by atoms with Crippen molar-refractivity contribution in [2.45, 2.75) is 20.0 Å². The lowest BCUT2D eigenvalue weighted by Gasteiger charge is -2.14. The van der Waals surface area contributed by atoms with Crippen molar-refractivity contribution in [3.05, 3.63) is 59.3 Å². The van der Waals surface area contributed by atoms with E-state index in [1.165, 1.54) is 0 Å². The van der Waals surface area contributed by atoms with Crippen LogP contribution in [0.15, 0.2) is 47.6 Å². The maximum atomic E-state index is 11.9. The molecule has 0 bridgehead atoms. The third-order valence-corrected chi connectivity index (χ3v) is 3.87. The summed E-state index contributed by atoms with van der Waals surface area (Å²) in [4.78, 5) is 22.0. The van der Waals surface area contributed by atoms with E-state index in [0.29, 0.717) is 37.1 Å². The topological polar surface area (TPSA) is 78.8 Å². The summed E-state index contributed by atoms with van der Waals surface area (Å²) < 4.78 is 5.54. The number of nitrogens with zero attached hydrogens (tertiary/aromatic N) is 3. The monoisotopic (exact) mass is 369 g/mol. The zero-order valence-electron chi connectivity index (χ0n) is 16.3. The molecule has 0 spiro atoms. The molecule has 2 aromatic rings. The molecule has 0 aliphatic heterocycles. The maximum absolute atomic E-state index is 11.9.